The Balaban J connectivity index is 2.08. The molecule has 2 saturated heterocycles. The summed E-state index contributed by atoms with van der Waals surface area (Å²) in [5.41, 5.74) is 0. The van der Waals surface area contributed by atoms with Crippen LogP contribution in [0.1, 0.15) is 19.3 Å². The van der Waals surface area contributed by atoms with E-state index in [-0.39, 0.29) is 6.04 Å². The van der Waals surface area contributed by atoms with Gasteiger partial charge in [-0.3, -0.25) is 9.69 Å². The summed E-state index contributed by atoms with van der Waals surface area (Å²) in [5.74, 6) is -1.39. The van der Waals surface area contributed by atoms with Gasteiger partial charge in [0.2, 0.25) is 0 Å². The first-order valence-corrected chi connectivity index (χ1v) is 4.85. The van der Waals surface area contributed by atoms with Crippen molar-refractivity contribution in [1.29, 1.82) is 0 Å². The first-order chi connectivity index (χ1) is 6.20. The maximum atomic E-state index is 10.8. The fourth-order valence-corrected chi connectivity index (χ4v) is 2.53. The summed E-state index contributed by atoms with van der Waals surface area (Å²) in [6.45, 7) is 1.85. The molecule has 0 aromatic carbocycles. The molecule has 2 aliphatic rings. The number of aliphatic carboxylic acids is 1. The number of piperidine rings is 1. The van der Waals surface area contributed by atoms with Crippen molar-refractivity contribution in [2.45, 2.75) is 31.4 Å². The molecule has 13 heavy (non-hydrogen) atoms. The molecule has 0 radical (unpaired) electrons. The molecule has 0 aliphatic carbocycles. The van der Waals surface area contributed by atoms with Gasteiger partial charge in [0.15, 0.2) is 0 Å². The van der Waals surface area contributed by atoms with Gasteiger partial charge >= 0.3 is 5.97 Å². The summed E-state index contributed by atoms with van der Waals surface area (Å²) in [7, 11) is 0. The van der Waals surface area contributed by atoms with Crippen molar-refractivity contribution >= 4 is 5.97 Å². The topological polar surface area (TPSA) is 60.8 Å². The second-order valence-corrected chi connectivity index (χ2v) is 3.97. The Kier molecular flexibility index (Phi) is 2.26. The number of aliphatic hydroxyl groups excluding tert-OH is 1. The molecule has 2 heterocycles. The largest absolute Gasteiger partial charge is 0.481 e. The van der Waals surface area contributed by atoms with Gasteiger partial charge in [0.1, 0.15) is 0 Å². The average molecular weight is 185 g/mol. The van der Waals surface area contributed by atoms with Crippen molar-refractivity contribution in [1.82, 2.24) is 4.90 Å². The molecule has 0 saturated carbocycles. The van der Waals surface area contributed by atoms with E-state index >= 15 is 0 Å². The Morgan fingerprint density at radius 2 is 2.08 bits per heavy atom. The molecule has 0 aromatic rings. The molecule has 2 rings (SSSR count). The van der Waals surface area contributed by atoms with Crippen LogP contribution in [-0.2, 0) is 4.79 Å². The fraction of sp³-hybridized carbons (Fsp3) is 0.889. The van der Waals surface area contributed by atoms with E-state index in [9.17, 15) is 9.90 Å². The van der Waals surface area contributed by atoms with Crippen LogP contribution in [0.15, 0.2) is 0 Å². The van der Waals surface area contributed by atoms with Gasteiger partial charge in [0.05, 0.1) is 12.0 Å². The molecule has 2 aliphatic heterocycles. The van der Waals surface area contributed by atoms with Crippen LogP contribution < -0.4 is 0 Å². The highest BCUT2D eigenvalue weighted by Gasteiger charge is 2.42. The average Bonchev–Trinajstić information content (AvgIpc) is 2.52. The Bertz CT molecular complexity index is 219. The van der Waals surface area contributed by atoms with Gasteiger partial charge in [-0.15, -0.1) is 0 Å². The molecule has 74 valence electrons. The van der Waals surface area contributed by atoms with Crippen LogP contribution in [-0.4, -0.2) is 46.3 Å². The third kappa shape index (κ3) is 1.44. The van der Waals surface area contributed by atoms with Crippen LogP contribution in [0, 0.1) is 5.92 Å². The normalized spacial score (nSPS) is 40.2. The van der Waals surface area contributed by atoms with Crippen molar-refractivity contribution in [3.63, 3.8) is 0 Å². The van der Waals surface area contributed by atoms with Crippen LogP contribution in [0.5, 0.6) is 0 Å². The zero-order chi connectivity index (χ0) is 9.42. The van der Waals surface area contributed by atoms with E-state index in [0.29, 0.717) is 6.42 Å². The summed E-state index contributed by atoms with van der Waals surface area (Å²) in [6.07, 6.45) is 1.97. The monoisotopic (exact) mass is 185 g/mol. The number of aliphatic hydroxyl groups is 1. The molecule has 4 heteroatoms. The van der Waals surface area contributed by atoms with Gasteiger partial charge in [0, 0.05) is 6.04 Å². The Morgan fingerprint density at radius 3 is 2.77 bits per heavy atom. The van der Waals surface area contributed by atoms with Gasteiger partial charge in [-0.1, -0.05) is 0 Å². The van der Waals surface area contributed by atoms with Crippen LogP contribution in [0.3, 0.4) is 0 Å². The van der Waals surface area contributed by atoms with Crippen molar-refractivity contribution in [3.8, 4) is 0 Å². The van der Waals surface area contributed by atoms with Gasteiger partial charge in [-0.2, -0.15) is 0 Å². The zero-order valence-corrected chi connectivity index (χ0v) is 7.52. The SMILES string of the molecule is O=C(O)C1CCN2CCCC2C1O. The van der Waals surface area contributed by atoms with Gasteiger partial charge in [-0.05, 0) is 32.4 Å². The molecule has 0 bridgehead atoms. The third-order valence-electron chi connectivity index (χ3n) is 3.27. The highest BCUT2D eigenvalue weighted by Crippen LogP contribution is 2.30. The minimum atomic E-state index is -0.848. The number of carbonyl (C=O) groups is 1. The molecule has 4 nitrogen and oxygen atoms in total. The molecule has 0 aromatic heterocycles. The predicted octanol–water partition coefficient (Wildman–Crippen LogP) is -0.0838. The smallest absolute Gasteiger partial charge is 0.309 e. The number of fused-ring (bicyclic) bond motifs is 1. The van der Waals surface area contributed by atoms with Gasteiger partial charge < -0.3 is 10.2 Å². The van der Waals surface area contributed by atoms with E-state index in [4.69, 9.17) is 5.11 Å². The Morgan fingerprint density at radius 1 is 1.31 bits per heavy atom. The Hall–Kier alpha value is -0.610. The highest BCUT2D eigenvalue weighted by atomic mass is 16.4. The minimum absolute atomic E-state index is 0.106. The second-order valence-electron chi connectivity index (χ2n) is 3.97. The Labute approximate surface area is 77.2 Å². The quantitative estimate of drug-likeness (QED) is 0.599. The van der Waals surface area contributed by atoms with E-state index in [1.165, 1.54) is 0 Å². The standard InChI is InChI=1S/C9H15NO3/c11-8-6(9(12)13)3-5-10-4-1-2-7(8)10/h6-8,11H,1-5H2,(H,12,13). The maximum absolute atomic E-state index is 10.8. The molecule has 0 amide bonds. The number of carboxylic acid groups (broad SMARTS) is 1. The first-order valence-electron chi connectivity index (χ1n) is 4.85. The summed E-state index contributed by atoms with van der Waals surface area (Å²) in [4.78, 5) is 13.0. The second kappa shape index (κ2) is 3.27. The van der Waals surface area contributed by atoms with Crippen molar-refractivity contribution in [2.75, 3.05) is 13.1 Å². The van der Waals surface area contributed by atoms with Gasteiger partial charge in [0.25, 0.3) is 0 Å². The first kappa shape index (κ1) is 8.97. The molecule has 2 N–H and O–H groups in total. The number of carboxylic acids is 1. The van der Waals surface area contributed by atoms with E-state index in [0.717, 1.165) is 25.9 Å². The van der Waals surface area contributed by atoms with Crippen LogP contribution >= 0.6 is 0 Å². The van der Waals surface area contributed by atoms with Crippen molar-refractivity contribution in [3.05, 3.63) is 0 Å². The lowest BCUT2D eigenvalue weighted by Crippen LogP contribution is -2.51. The number of hydrogen-bond acceptors (Lipinski definition) is 3. The lowest BCUT2D eigenvalue weighted by atomic mass is 9.88. The lowest BCUT2D eigenvalue weighted by molar-refractivity contribution is -0.150. The summed E-state index contributed by atoms with van der Waals surface area (Å²) >= 11 is 0. The lowest BCUT2D eigenvalue weighted by Gasteiger charge is -2.37. The summed E-state index contributed by atoms with van der Waals surface area (Å²) < 4.78 is 0. The van der Waals surface area contributed by atoms with Gasteiger partial charge in [-0.25, -0.2) is 0 Å². The van der Waals surface area contributed by atoms with Crippen LogP contribution in [0.4, 0.5) is 0 Å². The number of nitrogens with zero attached hydrogens (tertiary/aromatic N) is 1. The van der Waals surface area contributed by atoms with E-state index < -0.39 is 18.0 Å². The van der Waals surface area contributed by atoms with E-state index in [2.05, 4.69) is 4.90 Å². The maximum Gasteiger partial charge on any atom is 0.309 e. The zero-order valence-electron chi connectivity index (χ0n) is 7.52. The molecule has 3 atom stereocenters. The molecular formula is C9H15NO3. The molecule has 0 spiro atoms. The van der Waals surface area contributed by atoms with Crippen molar-refractivity contribution in [2.24, 2.45) is 5.92 Å². The van der Waals surface area contributed by atoms with Crippen LogP contribution in [0.25, 0.3) is 0 Å². The number of hydrogen-bond donors (Lipinski definition) is 2. The van der Waals surface area contributed by atoms with Crippen LogP contribution in [0.2, 0.25) is 0 Å². The minimum Gasteiger partial charge on any atom is -0.481 e. The summed E-state index contributed by atoms with van der Waals surface area (Å²) in [5, 5.41) is 18.6. The number of rotatable bonds is 1. The predicted molar refractivity (Wildman–Crippen MR) is 46.3 cm³/mol. The van der Waals surface area contributed by atoms with E-state index in [1.54, 1.807) is 0 Å². The summed E-state index contributed by atoms with van der Waals surface area (Å²) in [6, 6.07) is 0.106. The highest BCUT2D eigenvalue weighted by molar-refractivity contribution is 5.71. The molecular weight excluding hydrogens is 170 g/mol. The molecule has 3 unspecified atom stereocenters. The molecule has 2 fully saturated rings. The van der Waals surface area contributed by atoms with E-state index in [1.807, 2.05) is 0 Å². The third-order valence-corrected chi connectivity index (χ3v) is 3.27. The van der Waals surface area contributed by atoms with Crippen molar-refractivity contribution < 1.29 is 15.0 Å². The fourth-order valence-electron chi connectivity index (χ4n) is 2.53.